The average Bonchev–Trinajstić information content (AvgIpc) is 2.48. The van der Waals surface area contributed by atoms with Gasteiger partial charge in [0.05, 0.1) is 6.20 Å². The van der Waals surface area contributed by atoms with E-state index in [0.717, 1.165) is 17.1 Å². The highest BCUT2D eigenvalue weighted by Crippen LogP contribution is 2.31. The van der Waals surface area contributed by atoms with Gasteiger partial charge in [0.2, 0.25) is 0 Å². The molecule has 1 aromatic heterocycles. The molecule has 1 rings (SSSR count). The van der Waals surface area contributed by atoms with Crippen LogP contribution in [0.25, 0.3) is 6.20 Å². The monoisotopic (exact) mass is 192 g/mol. The number of rotatable bonds is 2. The highest BCUT2D eigenvalue weighted by Gasteiger charge is 2.39. The van der Waals surface area contributed by atoms with Gasteiger partial charge in [-0.15, -0.1) is 0 Å². The van der Waals surface area contributed by atoms with E-state index in [1.54, 1.807) is 0 Å². The van der Waals surface area contributed by atoms with Crippen LogP contribution >= 0.6 is 0 Å². The summed E-state index contributed by atoms with van der Waals surface area (Å²) in [4.78, 5) is 0. The van der Waals surface area contributed by atoms with Gasteiger partial charge in [-0.2, -0.15) is 18.3 Å². The van der Waals surface area contributed by atoms with E-state index in [2.05, 4.69) is 11.7 Å². The van der Waals surface area contributed by atoms with E-state index in [1.807, 2.05) is 0 Å². The molecule has 0 spiro atoms. The zero-order valence-electron chi connectivity index (χ0n) is 6.49. The molecule has 13 heavy (non-hydrogen) atoms. The molecule has 1 N–H and O–H groups in total. The van der Waals surface area contributed by atoms with Crippen LogP contribution in [0, 0.1) is 0 Å². The van der Waals surface area contributed by atoms with Crippen LogP contribution in [0.2, 0.25) is 0 Å². The van der Waals surface area contributed by atoms with E-state index < -0.39 is 12.3 Å². The van der Waals surface area contributed by atoms with Gasteiger partial charge in [0.25, 0.3) is 0 Å². The van der Waals surface area contributed by atoms with Crippen molar-refractivity contribution in [3.05, 3.63) is 24.5 Å². The maximum absolute atomic E-state index is 11.9. The van der Waals surface area contributed by atoms with Crippen LogP contribution in [-0.4, -0.2) is 21.1 Å². The summed E-state index contributed by atoms with van der Waals surface area (Å²) >= 11 is 0. The van der Waals surface area contributed by atoms with Gasteiger partial charge in [-0.3, -0.25) is 0 Å². The number of nitrogens with zero attached hydrogens (tertiary/aromatic N) is 2. The summed E-state index contributed by atoms with van der Waals surface area (Å²) in [6.07, 6.45) is -3.91. The molecule has 0 unspecified atom stereocenters. The van der Waals surface area contributed by atoms with Crippen molar-refractivity contribution in [3.63, 3.8) is 0 Å². The molecule has 1 atom stereocenters. The molecule has 0 saturated carbocycles. The third kappa shape index (κ3) is 2.09. The lowest BCUT2D eigenvalue weighted by atomic mass is 10.2. The fourth-order valence-corrected chi connectivity index (χ4v) is 0.783. The molecule has 1 heterocycles. The highest BCUT2D eigenvalue weighted by molar-refractivity contribution is 5.19. The summed E-state index contributed by atoms with van der Waals surface area (Å²) in [6, 6.07) is 0. The Morgan fingerprint density at radius 2 is 2.23 bits per heavy atom. The Morgan fingerprint density at radius 1 is 1.62 bits per heavy atom. The van der Waals surface area contributed by atoms with Gasteiger partial charge in [0.15, 0.2) is 6.10 Å². The zero-order valence-corrected chi connectivity index (χ0v) is 6.49. The molecule has 0 saturated heterocycles. The smallest absolute Gasteiger partial charge is 0.379 e. The Bertz CT molecular complexity index is 305. The maximum Gasteiger partial charge on any atom is 0.418 e. The molecule has 0 radical (unpaired) electrons. The van der Waals surface area contributed by atoms with Gasteiger partial charge in [-0.1, -0.05) is 6.58 Å². The first-order chi connectivity index (χ1) is 5.95. The zero-order chi connectivity index (χ0) is 10.1. The number of hydrogen-bond donors (Lipinski definition) is 1. The number of aromatic nitrogens is 2. The number of aliphatic hydroxyl groups excluding tert-OH is 1. The maximum atomic E-state index is 11.9. The van der Waals surface area contributed by atoms with E-state index >= 15 is 0 Å². The second-order valence-electron chi connectivity index (χ2n) is 2.38. The fourth-order valence-electron chi connectivity index (χ4n) is 0.783. The quantitative estimate of drug-likeness (QED) is 0.772. The van der Waals surface area contributed by atoms with E-state index in [9.17, 15) is 13.2 Å². The standard InChI is InChI=1S/C7H7F3N2O/c1-2-12-4-5(3-11-12)6(13)7(8,9)10/h2-4,6,13H,1H2/t6-/m1/s1. The fraction of sp³-hybridized carbons (Fsp3) is 0.286. The Labute approximate surface area is 72.1 Å². The molecule has 3 nitrogen and oxygen atoms in total. The van der Waals surface area contributed by atoms with Crippen LogP contribution in [0.5, 0.6) is 0 Å². The molecular formula is C7H7F3N2O. The van der Waals surface area contributed by atoms with Crippen LogP contribution < -0.4 is 0 Å². The van der Waals surface area contributed by atoms with Gasteiger partial charge in [0, 0.05) is 18.0 Å². The summed E-state index contributed by atoms with van der Waals surface area (Å²) in [6.45, 7) is 3.30. The van der Waals surface area contributed by atoms with Crippen molar-refractivity contribution in [2.75, 3.05) is 0 Å². The highest BCUT2D eigenvalue weighted by atomic mass is 19.4. The van der Waals surface area contributed by atoms with Gasteiger partial charge in [-0.25, -0.2) is 4.68 Å². The lowest BCUT2D eigenvalue weighted by molar-refractivity contribution is -0.206. The third-order valence-corrected chi connectivity index (χ3v) is 1.43. The van der Waals surface area contributed by atoms with Crippen LogP contribution in [0.3, 0.4) is 0 Å². The first kappa shape index (κ1) is 9.79. The predicted molar refractivity (Wildman–Crippen MR) is 39.6 cm³/mol. The number of halogens is 3. The Kier molecular flexibility index (Phi) is 2.42. The first-order valence-electron chi connectivity index (χ1n) is 3.36. The van der Waals surface area contributed by atoms with Crippen molar-refractivity contribution < 1.29 is 18.3 Å². The molecule has 1 aromatic rings. The van der Waals surface area contributed by atoms with Gasteiger partial charge < -0.3 is 5.11 Å². The van der Waals surface area contributed by atoms with Crippen molar-refractivity contribution in [2.45, 2.75) is 12.3 Å². The summed E-state index contributed by atoms with van der Waals surface area (Å²) < 4.78 is 36.9. The minimum Gasteiger partial charge on any atom is -0.379 e. The van der Waals surface area contributed by atoms with Crippen LogP contribution in [0.4, 0.5) is 13.2 Å². The summed E-state index contributed by atoms with van der Waals surface area (Å²) in [5.41, 5.74) is -0.299. The van der Waals surface area contributed by atoms with Crippen molar-refractivity contribution >= 4 is 6.20 Å². The van der Waals surface area contributed by atoms with Crippen LogP contribution in [0.1, 0.15) is 11.7 Å². The molecule has 0 fully saturated rings. The largest absolute Gasteiger partial charge is 0.418 e. The van der Waals surface area contributed by atoms with Gasteiger partial charge in [0.1, 0.15) is 0 Å². The molecule has 0 aliphatic rings. The Balaban J connectivity index is 2.89. The number of aliphatic hydroxyl groups is 1. The summed E-state index contributed by atoms with van der Waals surface area (Å²) in [7, 11) is 0. The molecule has 6 heteroatoms. The summed E-state index contributed by atoms with van der Waals surface area (Å²) in [5.74, 6) is 0. The second kappa shape index (κ2) is 3.21. The Hall–Kier alpha value is -1.30. The molecule has 0 aliphatic heterocycles. The molecule has 0 aromatic carbocycles. The lowest BCUT2D eigenvalue weighted by Crippen LogP contribution is -2.19. The third-order valence-electron chi connectivity index (χ3n) is 1.43. The predicted octanol–water partition coefficient (Wildman–Crippen LogP) is 1.58. The normalized spacial score (nSPS) is 14.2. The molecule has 72 valence electrons. The molecule has 0 bridgehead atoms. The second-order valence-corrected chi connectivity index (χ2v) is 2.38. The molecule has 0 amide bonds. The summed E-state index contributed by atoms with van der Waals surface area (Å²) in [5, 5.41) is 12.3. The van der Waals surface area contributed by atoms with Gasteiger partial charge in [-0.05, 0) is 0 Å². The van der Waals surface area contributed by atoms with Crippen molar-refractivity contribution in [3.8, 4) is 0 Å². The minimum atomic E-state index is -4.66. The van der Waals surface area contributed by atoms with Gasteiger partial charge >= 0.3 is 6.18 Å². The molecular weight excluding hydrogens is 185 g/mol. The van der Waals surface area contributed by atoms with Crippen molar-refractivity contribution in [2.24, 2.45) is 0 Å². The number of alkyl halides is 3. The van der Waals surface area contributed by atoms with Crippen LogP contribution in [0.15, 0.2) is 19.0 Å². The topological polar surface area (TPSA) is 38.0 Å². The van der Waals surface area contributed by atoms with E-state index in [0.29, 0.717) is 0 Å². The van der Waals surface area contributed by atoms with E-state index in [-0.39, 0.29) is 5.56 Å². The van der Waals surface area contributed by atoms with Crippen LogP contribution in [-0.2, 0) is 0 Å². The van der Waals surface area contributed by atoms with E-state index in [4.69, 9.17) is 5.11 Å². The van der Waals surface area contributed by atoms with E-state index in [1.165, 1.54) is 6.20 Å². The lowest BCUT2D eigenvalue weighted by Gasteiger charge is -2.11. The first-order valence-corrected chi connectivity index (χ1v) is 3.36. The molecule has 0 aliphatic carbocycles. The van der Waals surface area contributed by atoms with Crippen molar-refractivity contribution in [1.82, 2.24) is 9.78 Å². The SMILES string of the molecule is C=Cn1cc([C@@H](O)C(F)(F)F)cn1. The number of hydrogen-bond acceptors (Lipinski definition) is 2. The van der Waals surface area contributed by atoms with Crippen molar-refractivity contribution in [1.29, 1.82) is 0 Å². The minimum absolute atomic E-state index is 0.299. The average molecular weight is 192 g/mol. The Morgan fingerprint density at radius 3 is 2.62 bits per heavy atom.